The predicted octanol–water partition coefficient (Wildman–Crippen LogP) is 3.92. The van der Waals surface area contributed by atoms with Crippen LogP contribution in [0.4, 0.5) is 0 Å². The Morgan fingerprint density at radius 3 is 0.684 bits per heavy atom. The highest BCUT2D eigenvalue weighted by molar-refractivity contribution is 5.26. The van der Waals surface area contributed by atoms with Crippen molar-refractivity contribution in [3.8, 4) is 0 Å². The first kappa shape index (κ1) is 44.1. The van der Waals surface area contributed by atoms with Crippen LogP contribution in [0.15, 0.2) is 38.0 Å². The Labute approximate surface area is 116 Å². The molecule has 110 valence electrons. The van der Waals surface area contributed by atoms with Gasteiger partial charge >= 0.3 is 0 Å². The van der Waals surface area contributed by atoms with E-state index in [1.807, 2.05) is 20.8 Å². The summed E-state index contributed by atoms with van der Waals surface area (Å²) in [5.74, 6) is 0. The number of hydrogen-bond acceptors (Lipinski definition) is 6. The van der Waals surface area contributed by atoms with Crippen LogP contribution < -0.4 is 0 Å². The lowest BCUT2D eigenvalue weighted by molar-refractivity contribution is 0.562. The number of allylic oxidation sites excluding steroid dienone is 3. The van der Waals surface area contributed by atoms with Crippen molar-refractivity contribution in [2.45, 2.75) is 28.2 Å². The van der Waals surface area contributed by atoms with E-state index < -0.39 is 0 Å². The summed E-state index contributed by atoms with van der Waals surface area (Å²) in [7, 11) is 0. The first-order valence-electron chi connectivity index (χ1n) is 4.32. The van der Waals surface area contributed by atoms with Gasteiger partial charge in [0.05, 0.1) is 0 Å². The van der Waals surface area contributed by atoms with Crippen LogP contribution in [0.5, 0.6) is 0 Å². The van der Waals surface area contributed by atoms with E-state index in [1.54, 1.807) is 18.2 Å². The van der Waals surface area contributed by atoms with Gasteiger partial charge in [0, 0.05) is 0 Å². The lowest BCUT2D eigenvalue weighted by Gasteiger charge is -1.31. The number of hydrogen-bond donors (Lipinski definition) is 3. The molecule has 0 saturated heterocycles. The van der Waals surface area contributed by atoms with Gasteiger partial charge in [0.25, 0.3) is 0 Å². The Bertz CT molecular complexity index is 201. The minimum absolute atomic E-state index is 0. The number of rotatable bonds is 0. The maximum absolute atomic E-state index is 8.35. The second kappa shape index (κ2) is 281. The molecule has 0 aliphatic rings. The van der Waals surface area contributed by atoms with Gasteiger partial charge in [0.15, 0.2) is 0 Å². The lowest BCUT2D eigenvalue weighted by Crippen LogP contribution is -1.16. The summed E-state index contributed by atoms with van der Waals surface area (Å²) in [5.41, 5.74) is 0. The normalized spacial score (nSPS) is 3.32. The monoisotopic (exact) mass is 271 g/mol. The summed E-state index contributed by atoms with van der Waals surface area (Å²) >= 11 is 0. The number of nitrogens with one attached hydrogen (secondary N) is 3. The Morgan fingerprint density at radius 1 is 0.684 bits per heavy atom. The first-order valence-corrected chi connectivity index (χ1v) is 4.32. The van der Waals surface area contributed by atoms with Gasteiger partial charge in [-0.1, -0.05) is 25.7 Å². The standard InChI is InChI=1S/3C3H6.3CHNO.CH4/c3*1-3-2;3*2-1-3;/h3*3H,1H2,2H3;3*2H;1H4. The molecule has 0 unspecified atom stereocenters. The van der Waals surface area contributed by atoms with Crippen LogP contribution in [0.1, 0.15) is 28.2 Å². The summed E-state index contributed by atoms with van der Waals surface area (Å²) in [6.45, 7) is 15.8. The van der Waals surface area contributed by atoms with Gasteiger partial charge in [-0.05, 0) is 20.8 Å². The molecular formula is C13H25N3O3. The molecule has 0 rings (SSSR count). The highest BCUT2D eigenvalue weighted by Crippen LogP contribution is 1.38. The Kier molecular flexibility index (Phi) is 651. The molecular weight excluding hydrogens is 246 g/mol. The van der Waals surface area contributed by atoms with Gasteiger partial charge in [-0.2, -0.15) is 0 Å². The molecule has 0 heterocycles. The largest absolute Gasteiger partial charge is 0.231 e. The fourth-order valence-electron chi connectivity index (χ4n) is 0. The molecule has 6 heteroatoms. The van der Waals surface area contributed by atoms with Crippen molar-refractivity contribution in [2.75, 3.05) is 0 Å². The summed E-state index contributed by atoms with van der Waals surface area (Å²) in [5, 5.41) is 16.2. The summed E-state index contributed by atoms with van der Waals surface area (Å²) in [6, 6.07) is 0. The SMILES string of the molecule is C.C=CC.C=CC.C=CC.N=C=O.N=C=O.N=C=O. The van der Waals surface area contributed by atoms with Crippen molar-refractivity contribution in [3.05, 3.63) is 38.0 Å². The summed E-state index contributed by atoms with van der Waals surface area (Å²) in [4.78, 5) is 25.0. The van der Waals surface area contributed by atoms with Gasteiger partial charge < -0.3 is 0 Å². The van der Waals surface area contributed by atoms with Gasteiger partial charge in [0.1, 0.15) is 0 Å². The summed E-state index contributed by atoms with van der Waals surface area (Å²) < 4.78 is 0. The average molecular weight is 271 g/mol. The molecule has 0 aliphatic heterocycles. The van der Waals surface area contributed by atoms with E-state index in [2.05, 4.69) is 19.7 Å². The molecule has 0 fully saturated rings. The van der Waals surface area contributed by atoms with E-state index in [-0.39, 0.29) is 7.43 Å². The molecule has 0 saturated carbocycles. The quantitative estimate of drug-likeness (QED) is 0.351. The summed E-state index contributed by atoms with van der Waals surface area (Å²) in [6.07, 6.45) is 7.50. The molecule has 3 N–H and O–H groups in total. The van der Waals surface area contributed by atoms with Crippen molar-refractivity contribution in [1.29, 1.82) is 16.2 Å². The van der Waals surface area contributed by atoms with Gasteiger partial charge in [0.2, 0.25) is 18.2 Å². The third kappa shape index (κ3) is 393. The predicted molar refractivity (Wildman–Crippen MR) is 79.6 cm³/mol. The number of carbonyl (C=O) groups excluding carboxylic acids is 3. The average Bonchev–Trinajstić information content (AvgIpc) is 2.23. The van der Waals surface area contributed by atoms with Gasteiger partial charge in [-0.25, -0.2) is 30.6 Å². The Morgan fingerprint density at radius 2 is 0.684 bits per heavy atom. The Balaban J connectivity index is -0.0000000180. The van der Waals surface area contributed by atoms with Gasteiger partial charge in [-0.3, -0.25) is 0 Å². The molecule has 0 aromatic rings. The van der Waals surface area contributed by atoms with E-state index in [4.69, 9.17) is 30.6 Å². The zero-order valence-electron chi connectivity index (χ0n) is 11.1. The van der Waals surface area contributed by atoms with Crippen molar-refractivity contribution in [1.82, 2.24) is 0 Å². The molecule has 19 heavy (non-hydrogen) atoms. The van der Waals surface area contributed by atoms with E-state index in [0.29, 0.717) is 0 Å². The molecule has 0 amide bonds. The smallest absolute Gasteiger partial charge is 0.222 e. The molecule has 0 aromatic carbocycles. The molecule has 0 aromatic heterocycles. The van der Waals surface area contributed by atoms with Crippen LogP contribution in [0.2, 0.25) is 0 Å². The molecule has 6 nitrogen and oxygen atoms in total. The van der Waals surface area contributed by atoms with Crippen molar-refractivity contribution >= 4 is 18.2 Å². The van der Waals surface area contributed by atoms with Crippen molar-refractivity contribution in [2.24, 2.45) is 0 Å². The topological polar surface area (TPSA) is 123 Å². The maximum atomic E-state index is 8.35. The minimum Gasteiger partial charge on any atom is -0.222 e. The van der Waals surface area contributed by atoms with E-state index in [1.165, 1.54) is 0 Å². The first-order chi connectivity index (χ1) is 8.49. The van der Waals surface area contributed by atoms with Crippen LogP contribution >= 0.6 is 0 Å². The van der Waals surface area contributed by atoms with Crippen LogP contribution in [0, 0.1) is 16.2 Å². The maximum Gasteiger partial charge on any atom is 0.231 e. The highest BCUT2D eigenvalue weighted by atomic mass is 16.1. The van der Waals surface area contributed by atoms with Crippen molar-refractivity contribution in [3.63, 3.8) is 0 Å². The number of isocyanates is 3. The van der Waals surface area contributed by atoms with E-state index >= 15 is 0 Å². The Hall–Kier alpha value is -2.64. The fourth-order valence-corrected chi connectivity index (χ4v) is 0. The highest BCUT2D eigenvalue weighted by Gasteiger charge is 1.15. The molecule has 0 atom stereocenters. The zero-order valence-corrected chi connectivity index (χ0v) is 11.1. The molecule has 0 spiro atoms. The van der Waals surface area contributed by atoms with E-state index in [9.17, 15) is 0 Å². The zero-order chi connectivity index (χ0) is 16.2. The lowest BCUT2D eigenvalue weighted by atomic mass is 10.8. The fraction of sp³-hybridized carbons (Fsp3) is 0.308. The van der Waals surface area contributed by atoms with Crippen LogP contribution in [0.3, 0.4) is 0 Å². The second-order valence-corrected chi connectivity index (χ2v) is 1.53. The molecule has 0 bridgehead atoms. The van der Waals surface area contributed by atoms with Gasteiger partial charge in [-0.15, -0.1) is 19.7 Å². The van der Waals surface area contributed by atoms with Crippen molar-refractivity contribution < 1.29 is 14.4 Å². The van der Waals surface area contributed by atoms with Crippen LogP contribution in [-0.2, 0) is 14.4 Å². The third-order valence-electron chi connectivity index (χ3n) is 0. The van der Waals surface area contributed by atoms with Crippen LogP contribution in [0.25, 0.3) is 0 Å². The third-order valence-corrected chi connectivity index (χ3v) is 0. The molecule has 0 radical (unpaired) electrons. The van der Waals surface area contributed by atoms with E-state index in [0.717, 1.165) is 18.2 Å². The molecule has 0 aliphatic carbocycles. The minimum atomic E-state index is 0. The second-order valence-electron chi connectivity index (χ2n) is 1.53. The van der Waals surface area contributed by atoms with Crippen LogP contribution in [-0.4, -0.2) is 18.2 Å².